The third kappa shape index (κ3) is 1.93. The second kappa shape index (κ2) is 4.48. The van der Waals surface area contributed by atoms with Crippen LogP contribution in [0.4, 0.5) is 5.95 Å². The van der Waals surface area contributed by atoms with Gasteiger partial charge in [-0.1, -0.05) is 0 Å². The summed E-state index contributed by atoms with van der Waals surface area (Å²) >= 11 is 0. The zero-order chi connectivity index (χ0) is 14.4. The Kier molecular flexibility index (Phi) is 2.60. The van der Waals surface area contributed by atoms with Crippen LogP contribution in [0.2, 0.25) is 0 Å². The van der Waals surface area contributed by atoms with Gasteiger partial charge in [-0.3, -0.25) is 4.40 Å². The molecule has 4 rings (SSSR count). The van der Waals surface area contributed by atoms with Crippen molar-refractivity contribution in [2.75, 3.05) is 12.8 Å². The molecule has 2 heterocycles. The van der Waals surface area contributed by atoms with Crippen molar-refractivity contribution in [1.82, 2.24) is 14.6 Å². The number of nitrogen functional groups attached to an aromatic ring is 1. The van der Waals surface area contributed by atoms with Gasteiger partial charge < -0.3 is 10.5 Å². The predicted molar refractivity (Wildman–Crippen MR) is 81.4 cm³/mol. The summed E-state index contributed by atoms with van der Waals surface area (Å²) in [7, 11) is 1.69. The third-order valence-electron chi connectivity index (χ3n) is 4.02. The van der Waals surface area contributed by atoms with Gasteiger partial charge in [-0.2, -0.15) is 0 Å². The molecule has 0 radical (unpaired) electrons. The van der Waals surface area contributed by atoms with Gasteiger partial charge in [-0.05, 0) is 54.7 Å². The van der Waals surface area contributed by atoms with Crippen molar-refractivity contribution in [2.45, 2.75) is 18.8 Å². The molecule has 0 saturated heterocycles. The lowest BCUT2D eigenvalue weighted by Gasteiger charge is -2.12. The highest BCUT2D eigenvalue weighted by molar-refractivity contribution is 5.80. The second-order valence-corrected chi connectivity index (χ2v) is 5.40. The smallest absolute Gasteiger partial charge is 0.225 e. The van der Waals surface area contributed by atoms with Crippen LogP contribution in [0.5, 0.6) is 5.75 Å². The zero-order valence-electron chi connectivity index (χ0n) is 11.8. The molecule has 1 saturated carbocycles. The van der Waals surface area contributed by atoms with Gasteiger partial charge in [0.15, 0.2) is 0 Å². The Morgan fingerprint density at radius 1 is 1.24 bits per heavy atom. The first-order chi connectivity index (χ1) is 10.3. The molecule has 1 fully saturated rings. The standard InChI is InChI=1S/C16H16N4O/c1-21-11-6-7-12(13(9-11)10-4-5-10)15-14-3-2-8-20(14)16(17)19-18-15/h2-3,6-10H,4-5H2,1H3,(H2,17,19). The number of nitrogens with two attached hydrogens (primary N) is 1. The molecule has 0 amide bonds. The summed E-state index contributed by atoms with van der Waals surface area (Å²) in [6, 6.07) is 10.1. The van der Waals surface area contributed by atoms with Crippen LogP contribution in [0.3, 0.4) is 0 Å². The van der Waals surface area contributed by atoms with Gasteiger partial charge in [-0.25, -0.2) is 0 Å². The minimum absolute atomic E-state index is 0.403. The maximum Gasteiger partial charge on any atom is 0.225 e. The minimum atomic E-state index is 0.403. The lowest BCUT2D eigenvalue weighted by Crippen LogP contribution is -2.04. The van der Waals surface area contributed by atoms with Crippen LogP contribution in [0, 0.1) is 0 Å². The summed E-state index contributed by atoms with van der Waals surface area (Å²) in [4.78, 5) is 0. The van der Waals surface area contributed by atoms with Crippen LogP contribution in [0.15, 0.2) is 36.5 Å². The number of aromatic nitrogens is 3. The molecule has 1 aromatic carbocycles. The molecular formula is C16H16N4O. The number of hydrogen-bond donors (Lipinski definition) is 1. The van der Waals surface area contributed by atoms with Crippen LogP contribution in [0.25, 0.3) is 16.8 Å². The molecule has 106 valence electrons. The van der Waals surface area contributed by atoms with Crippen LogP contribution in [0.1, 0.15) is 24.3 Å². The Morgan fingerprint density at radius 2 is 2.10 bits per heavy atom. The van der Waals surface area contributed by atoms with E-state index in [1.165, 1.54) is 18.4 Å². The van der Waals surface area contributed by atoms with E-state index >= 15 is 0 Å². The maximum atomic E-state index is 5.87. The van der Waals surface area contributed by atoms with Gasteiger partial charge in [0.1, 0.15) is 11.4 Å². The highest BCUT2D eigenvalue weighted by atomic mass is 16.5. The molecule has 2 N–H and O–H groups in total. The fourth-order valence-electron chi connectivity index (χ4n) is 2.78. The van der Waals surface area contributed by atoms with E-state index in [1.807, 2.05) is 28.8 Å². The molecule has 0 atom stereocenters. The van der Waals surface area contributed by atoms with E-state index in [1.54, 1.807) is 7.11 Å². The first kappa shape index (κ1) is 12.2. The Labute approximate surface area is 122 Å². The van der Waals surface area contributed by atoms with Crippen molar-refractivity contribution in [1.29, 1.82) is 0 Å². The molecule has 21 heavy (non-hydrogen) atoms. The number of ether oxygens (including phenoxy) is 1. The number of rotatable bonds is 3. The third-order valence-corrected chi connectivity index (χ3v) is 4.02. The van der Waals surface area contributed by atoms with E-state index in [9.17, 15) is 0 Å². The highest BCUT2D eigenvalue weighted by Gasteiger charge is 2.28. The van der Waals surface area contributed by atoms with Crippen molar-refractivity contribution in [3.8, 4) is 17.0 Å². The number of anilines is 1. The van der Waals surface area contributed by atoms with Crippen LogP contribution in [-0.4, -0.2) is 21.7 Å². The van der Waals surface area contributed by atoms with Gasteiger partial charge in [0.05, 0.1) is 12.6 Å². The average molecular weight is 280 g/mol. The normalized spacial score (nSPS) is 14.5. The predicted octanol–water partition coefficient (Wildman–Crippen LogP) is 2.86. The molecule has 0 spiro atoms. The van der Waals surface area contributed by atoms with Gasteiger partial charge in [-0.15, -0.1) is 10.2 Å². The topological polar surface area (TPSA) is 65.4 Å². The Hall–Kier alpha value is -2.56. The van der Waals surface area contributed by atoms with Crippen molar-refractivity contribution >= 4 is 11.5 Å². The van der Waals surface area contributed by atoms with E-state index in [0.717, 1.165) is 22.5 Å². The number of nitrogens with zero attached hydrogens (tertiary/aromatic N) is 3. The largest absolute Gasteiger partial charge is 0.497 e. The van der Waals surface area contributed by atoms with E-state index in [-0.39, 0.29) is 0 Å². The number of methoxy groups -OCH3 is 1. The summed E-state index contributed by atoms with van der Waals surface area (Å²) in [5.41, 5.74) is 10.1. The highest BCUT2D eigenvalue weighted by Crippen LogP contribution is 2.45. The molecule has 0 bridgehead atoms. The first-order valence-corrected chi connectivity index (χ1v) is 7.05. The zero-order valence-corrected chi connectivity index (χ0v) is 11.8. The van der Waals surface area contributed by atoms with Crippen molar-refractivity contribution < 1.29 is 4.74 Å². The monoisotopic (exact) mass is 280 g/mol. The van der Waals surface area contributed by atoms with Crippen molar-refractivity contribution in [3.63, 3.8) is 0 Å². The van der Waals surface area contributed by atoms with Crippen LogP contribution >= 0.6 is 0 Å². The summed E-state index contributed by atoms with van der Waals surface area (Å²) in [6.07, 6.45) is 4.35. The van der Waals surface area contributed by atoms with E-state index in [4.69, 9.17) is 10.5 Å². The lowest BCUT2D eigenvalue weighted by molar-refractivity contribution is 0.414. The summed E-state index contributed by atoms with van der Waals surface area (Å²) in [6.45, 7) is 0. The number of hydrogen-bond acceptors (Lipinski definition) is 4. The summed E-state index contributed by atoms with van der Waals surface area (Å²) < 4.78 is 7.22. The molecule has 1 aliphatic rings. The molecule has 5 heteroatoms. The average Bonchev–Trinajstić information content (AvgIpc) is 3.24. The Balaban J connectivity index is 1.96. The summed E-state index contributed by atoms with van der Waals surface area (Å²) in [5, 5.41) is 8.42. The molecule has 2 aromatic heterocycles. The van der Waals surface area contributed by atoms with Crippen molar-refractivity contribution in [3.05, 3.63) is 42.1 Å². The van der Waals surface area contributed by atoms with Gasteiger partial charge in [0.2, 0.25) is 5.95 Å². The van der Waals surface area contributed by atoms with Crippen LogP contribution in [-0.2, 0) is 0 Å². The van der Waals surface area contributed by atoms with Gasteiger partial charge in [0, 0.05) is 11.8 Å². The fourth-order valence-corrected chi connectivity index (χ4v) is 2.78. The molecule has 3 aromatic rings. The Morgan fingerprint density at radius 3 is 2.86 bits per heavy atom. The van der Waals surface area contributed by atoms with Crippen LogP contribution < -0.4 is 10.5 Å². The SMILES string of the molecule is COc1ccc(-c2nnc(N)n3cccc23)c(C2CC2)c1. The van der Waals surface area contributed by atoms with Crippen molar-refractivity contribution in [2.24, 2.45) is 0 Å². The number of benzene rings is 1. The summed E-state index contributed by atoms with van der Waals surface area (Å²) in [5.74, 6) is 1.89. The Bertz CT molecular complexity index is 820. The first-order valence-electron chi connectivity index (χ1n) is 7.05. The van der Waals surface area contributed by atoms with E-state index in [0.29, 0.717) is 11.9 Å². The minimum Gasteiger partial charge on any atom is -0.497 e. The molecule has 5 nitrogen and oxygen atoms in total. The van der Waals surface area contributed by atoms with Gasteiger partial charge >= 0.3 is 0 Å². The lowest BCUT2D eigenvalue weighted by atomic mass is 9.99. The number of fused-ring (bicyclic) bond motifs is 1. The quantitative estimate of drug-likeness (QED) is 0.801. The van der Waals surface area contributed by atoms with E-state index in [2.05, 4.69) is 22.3 Å². The maximum absolute atomic E-state index is 5.87. The molecule has 0 aliphatic heterocycles. The molecular weight excluding hydrogens is 264 g/mol. The molecule has 1 aliphatic carbocycles. The molecule has 0 unspecified atom stereocenters. The fraction of sp³-hybridized carbons (Fsp3) is 0.250. The second-order valence-electron chi connectivity index (χ2n) is 5.40. The van der Waals surface area contributed by atoms with E-state index < -0.39 is 0 Å². The van der Waals surface area contributed by atoms with Gasteiger partial charge in [0.25, 0.3) is 0 Å².